The number of ether oxygens (including phenoxy) is 2. The molecular weight excluding hydrogens is 364 g/mol. The maximum absolute atomic E-state index is 13.2. The summed E-state index contributed by atoms with van der Waals surface area (Å²) in [5, 5.41) is 1.22. The predicted molar refractivity (Wildman–Crippen MR) is 108 cm³/mol. The summed E-state index contributed by atoms with van der Waals surface area (Å²) in [5.74, 6) is 1.81. The highest BCUT2D eigenvalue weighted by atomic mass is 35.5. The van der Waals surface area contributed by atoms with Crippen molar-refractivity contribution in [2.45, 2.75) is 32.7 Å². The summed E-state index contributed by atoms with van der Waals surface area (Å²) >= 11 is 5.98. The van der Waals surface area contributed by atoms with E-state index in [9.17, 15) is 4.79 Å². The van der Waals surface area contributed by atoms with Crippen LogP contribution in [-0.2, 0) is 13.0 Å². The summed E-state index contributed by atoms with van der Waals surface area (Å²) in [6.45, 7) is 2.74. The molecule has 0 saturated heterocycles. The lowest BCUT2D eigenvalue weighted by Crippen LogP contribution is -2.26. The largest absolute Gasteiger partial charge is 0.493 e. The molecule has 3 aromatic rings. The van der Waals surface area contributed by atoms with Crippen LogP contribution in [0.5, 0.6) is 11.5 Å². The number of fused-ring (bicyclic) bond motifs is 1. The number of hydrogen-bond donors (Lipinski definition) is 0. The third kappa shape index (κ3) is 4.08. The molecule has 27 heavy (non-hydrogen) atoms. The van der Waals surface area contributed by atoms with E-state index >= 15 is 0 Å². The van der Waals surface area contributed by atoms with Crippen LogP contribution in [0.3, 0.4) is 0 Å². The summed E-state index contributed by atoms with van der Waals surface area (Å²) in [5.41, 5.74) is 1.60. The molecule has 0 amide bonds. The minimum Gasteiger partial charge on any atom is -0.493 e. The van der Waals surface area contributed by atoms with Gasteiger partial charge in [-0.1, -0.05) is 37.1 Å². The standard InChI is InChI=1S/C21H23ClN2O3/c1-4-5-10-24-20(11-14-6-8-15(22)9-7-14)23-17-13-19(27-3)18(26-2)12-16(17)21(24)25/h6-9,12-13H,4-5,10-11H2,1-3H3. The lowest BCUT2D eigenvalue weighted by atomic mass is 10.1. The molecule has 0 radical (unpaired) electrons. The summed E-state index contributed by atoms with van der Waals surface area (Å²) in [6, 6.07) is 11.1. The van der Waals surface area contributed by atoms with Gasteiger partial charge in [0.1, 0.15) is 5.82 Å². The second-order valence-electron chi connectivity index (χ2n) is 6.37. The van der Waals surface area contributed by atoms with E-state index in [4.69, 9.17) is 26.1 Å². The number of halogens is 1. The molecule has 0 aliphatic heterocycles. The van der Waals surface area contributed by atoms with Gasteiger partial charge in [0.2, 0.25) is 0 Å². The van der Waals surface area contributed by atoms with Crippen molar-refractivity contribution >= 4 is 22.5 Å². The predicted octanol–water partition coefficient (Wildman–Crippen LogP) is 4.46. The summed E-state index contributed by atoms with van der Waals surface area (Å²) in [4.78, 5) is 18.0. The second kappa shape index (κ2) is 8.44. The molecule has 1 aromatic heterocycles. The highest BCUT2D eigenvalue weighted by molar-refractivity contribution is 6.30. The molecule has 0 aliphatic carbocycles. The minimum atomic E-state index is -0.0571. The number of rotatable bonds is 7. The van der Waals surface area contributed by atoms with Gasteiger partial charge in [-0.05, 0) is 30.2 Å². The molecule has 0 saturated carbocycles. The average Bonchev–Trinajstić information content (AvgIpc) is 2.68. The van der Waals surface area contributed by atoms with Gasteiger partial charge in [0.15, 0.2) is 11.5 Å². The first-order chi connectivity index (χ1) is 13.1. The van der Waals surface area contributed by atoms with Crippen LogP contribution in [-0.4, -0.2) is 23.8 Å². The fourth-order valence-electron chi connectivity index (χ4n) is 3.06. The summed E-state index contributed by atoms with van der Waals surface area (Å²) < 4.78 is 12.5. The van der Waals surface area contributed by atoms with E-state index in [1.165, 1.54) is 0 Å². The topological polar surface area (TPSA) is 53.4 Å². The van der Waals surface area contributed by atoms with Crippen molar-refractivity contribution in [3.8, 4) is 11.5 Å². The van der Waals surface area contributed by atoms with Crippen molar-refractivity contribution in [2.24, 2.45) is 0 Å². The highest BCUT2D eigenvalue weighted by Crippen LogP contribution is 2.30. The Bertz CT molecular complexity index is 997. The van der Waals surface area contributed by atoms with Gasteiger partial charge in [-0.15, -0.1) is 0 Å². The molecule has 0 unspecified atom stereocenters. The van der Waals surface area contributed by atoms with Crippen LogP contribution >= 0.6 is 11.6 Å². The molecule has 3 rings (SSSR count). The van der Waals surface area contributed by atoms with Gasteiger partial charge < -0.3 is 9.47 Å². The third-order valence-corrected chi connectivity index (χ3v) is 4.80. The molecule has 2 aromatic carbocycles. The Morgan fingerprint density at radius 1 is 1.07 bits per heavy atom. The molecule has 5 nitrogen and oxygen atoms in total. The fraction of sp³-hybridized carbons (Fsp3) is 0.333. The Morgan fingerprint density at radius 2 is 1.74 bits per heavy atom. The fourth-order valence-corrected chi connectivity index (χ4v) is 3.19. The van der Waals surface area contributed by atoms with Crippen molar-refractivity contribution in [1.82, 2.24) is 9.55 Å². The molecular formula is C21H23ClN2O3. The second-order valence-corrected chi connectivity index (χ2v) is 6.80. The number of benzene rings is 2. The van der Waals surface area contributed by atoms with Crippen LogP contribution in [0.15, 0.2) is 41.2 Å². The molecule has 0 atom stereocenters. The van der Waals surface area contributed by atoms with E-state index in [2.05, 4.69) is 6.92 Å². The Labute approximate surface area is 163 Å². The first kappa shape index (κ1) is 19.2. The van der Waals surface area contributed by atoms with Gasteiger partial charge in [-0.3, -0.25) is 9.36 Å². The first-order valence-electron chi connectivity index (χ1n) is 8.97. The van der Waals surface area contributed by atoms with Crippen molar-refractivity contribution in [3.63, 3.8) is 0 Å². The molecule has 142 valence electrons. The quantitative estimate of drug-likeness (QED) is 0.601. The molecule has 6 heteroatoms. The third-order valence-electron chi connectivity index (χ3n) is 4.55. The van der Waals surface area contributed by atoms with E-state index in [0.29, 0.717) is 40.4 Å². The molecule has 0 bridgehead atoms. The normalized spacial score (nSPS) is 11.0. The average molecular weight is 387 g/mol. The minimum absolute atomic E-state index is 0.0571. The number of hydrogen-bond acceptors (Lipinski definition) is 4. The summed E-state index contributed by atoms with van der Waals surface area (Å²) in [7, 11) is 3.13. The zero-order chi connectivity index (χ0) is 19.4. The SMILES string of the molecule is CCCCn1c(Cc2ccc(Cl)cc2)nc2cc(OC)c(OC)cc2c1=O. The van der Waals surface area contributed by atoms with Gasteiger partial charge in [0.25, 0.3) is 5.56 Å². The first-order valence-corrected chi connectivity index (χ1v) is 9.35. The van der Waals surface area contributed by atoms with E-state index in [0.717, 1.165) is 24.2 Å². The smallest absolute Gasteiger partial charge is 0.261 e. The maximum atomic E-state index is 13.2. The molecule has 0 fully saturated rings. The molecule has 1 heterocycles. The number of nitrogens with zero attached hydrogens (tertiary/aromatic N) is 2. The van der Waals surface area contributed by atoms with Crippen LogP contribution in [0.4, 0.5) is 0 Å². The van der Waals surface area contributed by atoms with Crippen LogP contribution < -0.4 is 15.0 Å². The van der Waals surface area contributed by atoms with Crippen LogP contribution in [0.1, 0.15) is 31.2 Å². The van der Waals surface area contributed by atoms with E-state index in [-0.39, 0.29) is 5.56 Å². The maximum Gasteiger partial charge on any atom is 0.261 e. The van der Waals surface area contributed by atoms with E-state index < -0.39 is 0 Å². The Kier molecular flexibility index (Phi) is 6.01. The molecule has 0 spiro atoms. The van der Waals surface area contributed by atoms with Crippen molar-refractivity contribution in [2.75, 3.05) is 14.2 Å². The van der Waals surface area contributed by atoms with Crippen LogP contribution in [0.2, 0.25) is 5.02 Å². The van der Waals surface area contributed by atoms with E-state index in [1.54, 1.807) is 30.9 Å². The molecule has 0 aliphatic rings. The van der Waals surface area contributed by atoms with Gasteiger partial charge >= 0.3 is 0 Å². The number of aromatic nitrogens is 2. The monoisotopic (exact) mass is 386 g/mol. The lowest BCUT2D eigenvalue weighted by molar-refractivity contribution is 0.355. The zero-order valence-corrected chi connectivity index (χ0v) is 16.5. The number of methoxy groups -OCH3 is 2. The van der Waals surface area contributed by atoms with Gasteiger partial charge in [-0.25, -0.2) is 4.98 Å². The lowest BCUT2D eigenvalue weighted by Gasteiger charge is -2.15. The number of unbranched alkanes of at least 4 members (excludes halogenated alkanes) is 1. The van der Waals surface area contributed by atoms with Crippen molar-refractivity contribution in [3.05, 3.63) is 63.2 Å². The van der Waals surface area contributed by atoms with E-state index in [1.807, 2.05) is 24.3 Å². The van der Waals surface area contributed by atoms with Gasteiger partial charge in [0, 0.05) is 24.1 Å². The van der Waals surface area contributed by atoms with Crippen molar-refractivity contribution in [1.29, 1.82) is 0 Å². The zero-order valence-electron chi connectivity index (χ0n) is 15.8. The Morgan fingerprint density at radius 3 is 2.37 bits per heavy atom. The van der Waals surface area contributed by atoms with Crippen LogP contribution in [0, 0.1) is 0 Å². The Balaban J connectivity index is 2.16. The van der Waals surface area contributed by atoms with Crippen LogP contribution in [0.25, 0.3) is 10.9 Å². The van der Waals surface area contributed by atoms with Crippen molar-refractivity contribution < 1.29 is 9.47 Å². The highest BCUT2D eigenvalue weighted by Gasteiger charge is 2.15. The summed E-state index contributed by atoms with van der Waals surface area (Å²) in [6.07, 6.45) is 2.46. The van der Waals surface area contributed by atoms with Gasteiger partial charge in [0.05, 0.1) is 25.1 Å². The van der Waals surface area contributed by atoms with Gasteiger partial charge in [-0.2, -0.15) is 0 Å². The Hall–Kier alpha value is -2.53. The molecule has 0 N–H and O–H groups in total.